The molecule has 1 amide bonds. The van der Waals surface area contributed by atoms with Crippen LogP contribution >= 0.6 is 0 Å². The molecule has 6 nitrogen and oxygen atoms in total. The number of aryl methyl sites for hydroxylation is 2. The molecule has 6 heteroatoms. The molecule has 2 aromatic heterocycles. The summed E-state index contributed by atoms with van der Waals surface area (Å²) in [5, 5.41) is 11.7. The van der Waals surface area contributed by atoms with Gasteiger partial charge < -0.3 is 5.32 Å². The van der Waals surface area contributed by atoms with E-state index in [0.717, 1.165) is 28.2 Å². The number of carbonyl (C=O) groups is 1. The van der Waals surface area contributed by atoms with Gasteiger partial charge >= 0.3 is 0 Å². The summed E-state index contributed by atoms with van der Waals surface area (Å²) in [6.07, 6.45) is 1.78. The van der Waals surface area contributed by atoms with E-state index in [1.54, 1.807) is 16.9 Å². The minimum Gasteiger partial charge on any atom is -0.321 e. The number of aromatic nitrogens is 4. The van der Waals surface area contributed by atoms with Crippen molar-refractivity contribution in [1.29, 1.82) is 0 Å². The molecule has 1 N–H and O–H groups in total. The molecule has 0 unspecified atom stereocenters. The van der Waals surface area contributed by atoms with Gasteiger partial charge in [0.15, 0.2) is 5.69 Å². The molecular formula is C22H21N5O. The van der Waals surface area contributed by atoms with Crippen LogP contribution in [0.5, 0.6) is 0 Å². The zero-order chi connectivity index (χ0) is 19.5. The summed E-state index contributed by atoms with van der Waals surface area (Å²) in [6.45, 7) is 4.42. The highest BCUT2D eigenvalue weighted by atomic mass is 16.1. The summed E-state index contributed by atoms with van der Waals surface area (Å²) in [4.78, 5) is 12.5. The molecule has 0 aliphatic rings. The van der Waals surface area contributed by atoms with Gasteiger partial charge in [0.2, 0.25) is 0 Å². The van der Waals surface area contributed by atoms with E-state index < -0.39 is 0 Å². The molecule has 2 aromatic carbocycles. The first-order valence-electron chi connectivity index (χ1n) is 9.10. The Labute approximate surface area is 163 Å². The van der Waals surface area contributed by atoms with Crippen molar-refractivity contribution in [2.24, 2.45) is 0 Å². The second kappa shape index (κ2) is 7.52. The molecule has 0 radical (unpaired) electrons. The summed E-state index contributed by atoms with van der Waals surface area (Å²) < 4.78 is 3.55. The van der Waals surface area contributed by atoms with Crippen LogP contribution in [0.15, 0.2) is 72.9 Å². The first kappa shape index (κ1) is 17.7. The van der Waals surface area contributed by atoms with Crippen LogP contribution in [0.1, 0.15) is 21.9 Å². The summed E-state index contributed by atoms with van der Waals surface area (Å²) >= 11 is 0. The molecule has 0 saturated carbocycles. The van der Waals surface area contributed by atoms with Crippen molar-refractivity contribution in [2.75, 3.05) is 5.32 Å². The number of anilines is 1. The second-order valence-corrected chi connectivity index (χ2v) is 6.71. The van der Waals surface area contributed by atoms with E-state index in [9.17, 15) is 4.79 Å². The standard InChI is InChI=1S/C22H21N5O/c1-16-14-17(2)27(24-16)15-26-13-12-21(25-26)22(28)23-20-10-8-19(9-11-20)18-6-4-3-5-7-18/h3-14H,15H2,1-2H3,(H,23,28). The third-order valence-electron chi connectivity index (χ3n) is 4.51. The highest BCUT2D eigenvalue weighted by Crippen LogP contribution is 2.21. The predicted octanol–water partition coefficient (Wildman–Crippen LogP) is 4.12. The highest BCUT2D eigenvalue weighted by Gasteiger charge is 2.11. The van der Waals surface area contributed by atoms with Crippen molar-refractivity contribution in [1.82, 2.24) is 19.6 Å². The molecule has 0 atom stereocenters. The maximum absolute atomic E-state index is 12.5. The van der Waals surface area contributed by atoms with E-state index in [1.165, 1.54) is 0 Å². The monoisotopic (exact) mass is 371 g/mol. The van der Waals surface area contributed by atoms with Gasteiger partial charge in [-0.1, -0.05) is 42.5 Å². The van der Waals surface area contributed by atoms with Crippen LogP contribution in [0.2, 0.25) is 0 Å². The van der Waals surface area contributed by atoms with Crippen molar-refractivity contribution in [3.8, 4) is 11.1 Å². The molecule has 4 aromatic rings. The largest absolute Gasteiger partial charge is 0.321 e. The van der Waals surface area contributed by atoms with Gasteiger partial charge in [-0.05, 0) is 49.2 Å². The Balaban J connectivity index is 1.43. The van der Waals surface area contributed by atoms with Crippen LogP contribution in [-0.4, -0.2) is 25.5 Å². The van der Waals surface area contributed by atoms with Crippen LogP contribution in [-0.2, 0) is 6.67 Å². The Morgan fingerprint density at radius 3 is 2.32 bits per heavy atom. The number of benzene rings is 2. The lowest BCUT2D eigenvalue weighted by Gasteiger charge is -2.06. The van der Waals surface area contributed by atoms with E-state index in [4.69, 9.17) is 0 Å². The van der Waals surface area contributed by atoms with E-state index in [-0.39, 0.29) is 5.91 Å². The lowest BCUT2D eigenvalue weighted by molar-refractivity contribution is 0.102. The van der Waals surface area contributed by atoms with Crippen LogP contribution in [0.4, 0.5) is 5.69 Å². The van der Waals surface area contributed by atoms with Gasteiger partial charge in [0.25, 0.3) is 5.91 Å². The third kappa shape index (κ3) is 3.86. The fraction of sp³-hybridized carbons (Fsp3) is 0.136. The van der Waals surface area contributed by atoms with Crippen molar-refractivity contribution < 1.29 is 4.79 Å². The maximum atomic E-state index is 12.5. The molecule has 0 fully saturated rings. The molecule has 0 bridgehead atoms. The Morgan fingerprint density at radius 1 is 0.929 bits per heavy atom. The fourth-order valence-electron chi connectivity index (χ4n) is 3.09. The Bertz CT molecular complexity index is 1090. The number of hydrogen-bond donors (Lipinski definition) is 1. The van der Waals surface area contributed by atoms with E-state index >= 15 is 0 Å². The molecule has 28 heavy (non-hydrogen) atoms. The van der Waals surface area contributed by atoms with Gasteiger partial charge in [0.05, 0.1) is 5.69 Å². The van der Waals surface area contributed by atoms with Crippen molar-refractivity contribution in [3.63, 3.8) is 0 Å². The molecule has 140 valence electrons. The number of carbonyl (C=O) groups excluding carboxylic acids is 1. The van der Waals surface area contributed by atoms with E-state index in [1.807, 2.05) is 67.1 Å². The zero-order valence-electron chi connectivity index (χ0n) is 15.8. The SMILES string of the molecule is Cc1cc(C)n(Cn2ccc(C(=O)Nc3ccc(-c4ccccc4)cc3)n2)n1. The molecule has 0 aliphatic heterocycles. The smallest absolute Gasteiger partial charge is 0.276 e. The van der Waals surface area contributed by atoms with Crippen molar-refractivity contribution in [3.05, 3.63) is 90.0 Å². The summed E-state index contributed by atoms with van der Waals surface area (Å²) in [5.74, 6) is -0.237. The first-order chi connectivity index (χ1) is 13.6. The average molecular weight is 371 g/mol. The van der Waals surface area contributed by atoms with Crippen molar-refractivity contribution in [2.45, 2.75) is 20.5 Å². The van der Waals surface area contributed by atoms with Gasteiger partial charge in [-0.2, -0.15) is 10.2 Å². The lowest BCUT2D eigenvalue weighted by Crippen LogP contribution is -2.15. The minimum atomic E-state index is -0.237. The van der Waals surface area contributed by atoms with Crippen LogP contribution in [0.25, 0.3) is 11.1 Å². The normalized spacial score (nSPS) is 10.8. The molecule has 0 saturated heterocycles. The molecular weight excluding hydrogens is 350 g/mol. The summed E-state index contributed by atoms with van der Waals surface area (Å²) in [5.41, 5.74) is 5.36. The molecule has 4 rings (SSSR count). The van der Waals surface area contributed by atoms with Crippen LogP contribution < -0.4 is 5.32 Å². The van der Waals surface area contributed by atoms with E-state index in [0.29, 0.717) is 12.4 Å². The summed E-state index contributed by atoms with van der Waals surface area (Å²) in [6, 6.07) is 21.6. The molecule has 2 heterocycles. The van der Waals surface area contributed by atoms with Gasteiger partial charge in [-0.25, -0.2) is 4.68 Å². The van der Waals surface area contributed by atoms with Crippen LogP contribution in [0.3, 0.4) is 0 Å². The molecule has 0 spiro atoms. The number of rotatable bonds is 5. The average Bonchev–Trinajstić information content (AvgIpc) is 3.29. The molecule has 0 aliphatic carbocycles. The number of amides is 1. The Morgan fingerprint density at radius 2 is 1.64 bits per heavy atom. The van der Waals surface area contributed by atoms with Gasteiger partial charge in [0.1, 0.15) is 6.67 Å². The summed E-state index contributed by atoms with van der Waals surface area (Å²) in [7, 11) is 0. The number of nitrogens with one attached hydrogen (secondary N) is 1. The Hall–Kier alpha value is -3.67. The third-order valence-corrected chi connectivity index (χ3v) is 4.51. The van der Waals surface area contributed by atoms with E-state index in [2.05, 4.69) is 27.6 Å². The number of nitrogens with zero attached hydrogens (tertiary/aromatic N) is 4. The zero-order valence-corrected chi connectivity index (χ0v) is 15.8. The minimum absolute atomic E-state index is 0.237. The maximum Gasteiger partial charge on any atom is 0.276 e. The number of hydrogen-bond acceptors (Lipinski definition) is 3. The fourth-order valence-corrected chi connectivity index (χ4v) is 3.09. The second-order valence-electron chi connectivity index (χ2n) is 6.71. The van der Waals surface area contributed by atoms with Gasteiger partial charge in [0, 0.05) is 17.6 Å². The van der Waals surface area contributed by atoms with Crippen LogP contribution in [0, 0.1) is 13.8 Å². The highest BCUT2D eigenvalue weighted by molar-refractivity contribution is 6.02. The quantitative estimate of drug-likeness (QED) is 0.574. The Kier molecular flexibility index (Phi) is 4.76. The lowest BCUT2D eigenvalue weighted by atomic mass is 10.1. The van der Waals surface area contributed by atoms with Gasteiger partial charge in [-0.15, -0.1) is 0 Å². The van der Waals surface area contributed by atoms with Crippen molar-refractivity contribution >= 4 is 11.6 Å². The topological polar surface area (TPSA) is 64.7 Å². The first-order valence-corrected chi connectivity index (χ1v) is 9.10. The van der Waals surface area contributed by atoms with Gasteiger partial charge in [-0.3, -0.25) is 9.48 Å². The predicted molar refractivity (Wildman–Crippen MR) is 109 cm³/mol.